The summed E-state index contributed by atoms with van der Waals surface area (Å²) in [5.74, 6) is 0.262. The first kappa shape index (κ1) is 32.4. The molecule has 4 aromatic heterocycles. The maximum absolute atomic E-state index is 13.5. The summed E-state index contributed by atoms with van der Waals surface area (Å²) in [4.78, 5) is 24.5. The molecule has 0 aliphatic carbocycles. The van der Waals surface area contributed by atoms with Crippen molar-refractivity contribution >= 4 is 74.3 Å². The standard InChI is InChI=1S/C21H26N10O10P2S2/c22-16-10-18(26-3-24-16)30(5-28-10)20-13(33)14(9(39-20)1-36-7-44)41-43(35,45)37-2-8-12(32)15(40-42-34)21(38-8)31-6-29-11-17(23)25-4-27-19(11)31/h3-6,8-9,12-15,20-21,32-33,44H,1-2,7H2,(H,35,45)(H2,22,24,26)(H2,23,25,27)/t8-,9-,12-,13-,14-,15-,20-,21-,43-/m1/s1. The van der Waals surface area contributed by atoms with Crippen LogP contribution in [0, 0.1) is 0 Å². The van der Waals surface area contributed by atoms with Crippen molar-refractivity contribution in [3.05, 3.63) is 25.3 Å². The number of thiol groups is 2. The number of rotatable bonds is 12. The summed E-state index contributed by atoms with van der Waals surface area (Å²) in [5.41, 5.74) is 12.8. The van der Waals surface area contributed by atoms with Gasteiger partial charge in [-0.1, -0.05) is 12.2 Å². The molecule has 0 bridgehead atoms. The first-order valence-electron chi connectivity index (χ1n) is 13.0. The highest BCUT2D eigenvalue weighted by atomic mass is 32.7. The van der Waals surface area contributed by atoms with Crippen molar-refractivity contribution in [3.8, 4) is 0 Å². The Morgan fingerprint density at radius 1 is 0.889 bits per heavy atom. The van der Waals surface area contributed by atoms with Gasteiger partial charge in [0.2, 0.25) is 0 Å². The molecule has 24 heteroatoms. The van der Waals surface area contributed by atoms with E-state index in [4.69, 9.17) is 39.2 Å². The third-order valence-electron chi connectivity index (χ3n) is 7.14. The molecule has 6 heterocycles. The smallest absolute Gasteiger partial charge is 0.386 e. The molecular formula is C21H26N10O10P2S2. The molecule has 2 aliphatic heterocycles. The molecule has 0 amide bonds. The van der Waals surface area contributed by atoms with E-state index in [1.807, 2.05) is 0 Å². The molecule has 4 aromatic rings. The summed E-state index contributed by atoms with van der Waals surface area (Å²) in [6.45, 7) is -4.92. The lowest BCUT2D eigenvalue weighted by Crippen LogP contribution is -2.36. The summed E-state index contributed by atoms with van der Waals surface area (Å²) in [6.07, 6.45) is -4.52. The van der Waals surface area contributed by atoms with Crippen LogP contribution in [0.15, 0.2) is 25.3 Å². The monoisotopic (exact) mass is 704 g/mol. The molecule has 45 heavy (non-hydrogen) atoms. The molecular weight excluding hydrogens is 678 g/mol. The van der Waals surface area contributed by atoms with Crippen molar-refractivity contribution in [1.82, 2.24) is 39.0 Å². The largest absolute Gasteiger partial charge is 0.387 e. The first-order valence-corrected chi connectivity index (χ1v) is 17.0. The molecule has 2 saturated heterocycles. The average molecular weight is 705 g/mol. The van der Waals surface area contributed by atoms with Crippen molar-refractivity contribution in [2.24, 2.45) is 0 Å². The summed E-state index contributed by atoms with van der Waals surface area (Å²) < 4.78 is 61.3. The maximum Gasteiger partial charge on any atom is 0.386 e. The number of nitrogens with zero attached hydrogens (tertiary/aromatic N) is 8. The number of hydrogen-bond acceptors (Lipinski definition) is 19. The lowest BCUT2D eigenvalue weighted by Gasteiger charge is -2.24. The Hall–Kier alpha value is -2.59. The second-order valence-electron chi connectivity index (χ2n) is 9.76. The normalized spacial score (nSPS) is 30.0. The van der Waals surface area contributed by atoms with Gasteiger partial charge in [0.05, 0.1) is 31.8 Å². The van der Waals surface area contributed by atoms with E-state index in [2.05, 4.69) is 54.8 Å². The second-order valence-corrected chi connectivity index (χ2v) is 13.3. The van der Waals surface area contributed by atoms with Crippen LogP contribution in [0.5, 0.6) is 0 Å². The van der Waals surface area contributed by atoms with Gasteiger partial charge in [-0.15, -0.1) is 0 Å². The summed E-state index contributed by atoms with van der Waals surface area (Å²) >= 11 is 8.12. The number of nitrogens with two attached hydrogens (primary N) is 2. The number of aromatic nitrogens is 8. The van der Waals surface area contributed by atoms with Crippen molar-refractivity contribution in [2.75, 3.05) is 30.6 Å². The van der Waals surface area contributed by atoms with Gasteiger partial charge in [-0.05, 0) is 0 Å². The fourth-order valence-corrected chi connectivity index (χ4v) is 7.01. The number of aliphatic hydroxyl groups is 2. The minimum Gasteiger partial charge on any atom is -0.387 e. The first-order chi connectivity index (χ1) is 21.6. The molecule has 6 N–H and O–H groups in total. The molecule has 6 rings (SSSR count). The molecule has 9 atom stereocenters. The minimum absolute atomic E-state index is 0.0229. The Labute approximate surface area is 265 Å². The summed E-state index contributed by atoms with van der Waals surface area (Å²) in [6, 6.07) is 0. The number of hydrogen-bond donors (Lipinski definition) is 6. The Bertz CT molecular complexity index is 1740. The predicted molar refractivity (Wildman–Crippen MR) is 159 cm³/mol. The van der Waals surface area contributed by atoms with Crippen LogP contribution in [0.1, 0.15) is 12.5 Å². The molecule has 2 fully saturated rings. The van der Waals surface area contributed by atoms with Gasteiger partial charge in [0, 0.05) is 0 Å². The molecule has 20 nitrogen and oxygen atoms in total. The highest BCUT2D eigenvalue weighted by molar-refractivity contribution is 8.44. The Balaban J connectivity index is 1.17. The number of fused-ring (bicyclic) bond motifs is 2. The van der Waals surface area contributed by atoms with Gasteiger partial charge in [0.15, 0.2) is 35.4 Å². The highest BCUT2D eigenvalue weighted by Crippen LogP contribution is 2.56. The topological polar surface area (TPSA) is 269 Å². The molecule has 0 saturated carbocycles. The molecule has 0 unspecified atom stereocenters. The maximum atomic E-state index is 13.5. The van der Waals surface area contributed by atoms with Crippen LogP contribution in [0.2, 0.25) is 0 Å². The zero-order chi connectivity index (χ0) is 31.9. The average Bonchev–Trinajstić information content (AvgIpc) is 3.77. The molecule has 242 valence electrons. The van der Waals surface area contributed by atoms with E-state index in [1.54, 1.807) is 0 Å². The van der Waals surface area contributed by atoms with E-state index in [-0.39, 0.29) is 46.5 Å². The van der Waals surface area contributed by atoms with Gasteiger partial charge in [-0.2, -0.15) is 12.6 Å². The second kappa shape index (κ2) is 13.3. The number of ether oxygens (including phenoxy) is 3. The van der Waals surface area contributed by atoms with E-state index in [1.165, 1.54) is 34.4 Å². The number of anilines is 2. The number of aliphatic hydroxyl groups excluding tert-OH is 2. The van der Waals surface area contributed by atoms with Crippen LogP contribution >= 0.6 is 40.4 Å². The van der Waals surface area contributed by atoms with Gasteiger partial charge in [-0.25, -0.2) is 39.0 Å². The van der Waals surface area contributed by atoms with Crippen molar-refractivity contribution in [2.45, 2.75) is 49.1 Å². The Morgan fingerprint density at radius 2 is 1.49 bits per heavy atom. The number of nitrogen functional groups attached to an aromatic ring is 2. The SMILES string of the molecule is Nc1ncnc2c1ncn2[C@@H]1O[C@H](COCS)[C@@H](O[P@](=O)(S)OC[C@H]2O[C@@H](n3cnc4c(N)ncnc43)[C@H](OP=O)[C@@H]2O)[C@H]1O. The van der Waals surface area contributed by atoms with E-state index in [0.29, 0.717) is 0 Å². The molecule has 0 radical (unpaired) electrons. The van der Waals surface area contributed by atoms with Gasteiger partial charge < -0.3 is 35.9 Å². The quantitative estimate of drug-likeness (QED) is 0.0657. The molecule has 0 spiro atoms. The van der Waals surface area contributed by atoms with Gasteiger partial charge in [0.25, 0.3) is 0 Å². The van der Waals surface area contributed by atoms with Crippen LogP contribution in [-0.4, -0.2) is 105 Å². The molecule has 0 aromatic carbocycles. The minimum atomic E-state index is -4.29. The zero-order valence-electron chi connectivity index (χ0n) is 22.7. The fraction of sp³-hybridized carbons (Fsp3) is 0.524. The van der Waals surface area contributed by atoms with Crippen LogP contribution in [0.4, 0.5) is 11.6 Å². The Kier molecular flexibility index (Phi) is 9.53. The van der Waals surface area contributed by atoms with Crippen molar-refractivity contribution in [1.29, 1.82) is 0 Å². The third kappa shape index (κ3) is 6.25. The zero-order valence-corrected chi connectivity index (χ0v) is 26.3. The van der Waals surface area contributed by atoms with Crippen LogP contribution in [0.25, 0.3) is 22.3 Å². The predicted octanol–water partition coefficient (Wildman–Crippen LogP) is 0.283. The van der Waals surface area contributed by atoms with Crippen LogP contribution in [0.3, 0.4) is 0 Å². The third-order valence-corrected chi connectivity index (χ3v) is 9.27. The highest BCUT2D eigenvalue weighted by Gasteiger charge is 2.50. The van der Waals surface area contributed by atoms with Crippen molar-refractivity contribution in [3.63, 3.8) is 0 Å². The van der Waals surface area contributed by atoms with Crippen molar-refractivity contribution < 1.29 is 47.1 Å². The van der Waals surface area contributed by atoms with Gasteiger partial charge in [0.1, 0.15) is 60.3 Å². The van der Waals surface area contributed by atoms with Crippen LogP contribution < -0.4 is 11.5 Å². The van der Waals surface area contributed by atoms with Gasteiger partial charge >= 0.3 is 15.5 Å². The number of imidazole rings is 2. The van der Waals surface area contributed by atoms with E-state index >= 15 is 0 Å². The fourth-order valence-electron chi connectivity index (χ4n) is 5.09. The Morgan fingerprint density at radius 3 is 2.09 bits per heavy atom. The summed E-state index contributed by atoms with van der Waals surface area (Å²) in [7, 11) is -0.738. The van der Waals surface area contributed by atoms with E-state index in [9.17, 15) is 19.3 Å². The lowest BCUT2D eigenvalue weighted by molar-refractivity contribution is -0.0599. The van der Waals surface area contributed by atoms with E-state index in [0.717, 1.165) is 0 Å². The van der Waals surface area contributed by atoms with Gasteiger partial charge in [-0.3, -0.25) is 22.7 Å². The molecule has 2 aliphatic rings. The van der Waals surface area contributed by atoms with Crippen LogP contribution in [-0.2, 0) is 36.9 Å². The summed E-state index contributed by atoms with van der Waals surface area (Å²) in [5, 5.41) is 22.2. The lowest BCUT2D eigenvalue weighted by atomic mass is 10.1. The van der Waals surface area contributed by atoms with E-state index < -0.39 is 71.2 Å².